The van der Waals surface area contributed by atoms with Gasteiger partial charge in [0.15, 0.2) is 5.78 Å². The molecule has 0 aliphatic carbocycles. The van der Waals surface area contributed by atoms with Crippen LogP contribution in [0.3, 0.4) is 0 Å². The number of hydrogen-bond donors (Lipinski definition) is 0. The molecule has 1 fully saturated rings. The second-order valence-electron chi connectivity index (χ2n) is 7.17. The van der Waals surface area contributed by atoms with Gasteiger partial charge in [-0.2, -0.15) is 5.10 Å². The van der Waals surface area contributed by atoms with Gasteiger partial charge in [0.25, 0.3) is 0 Å². The van der Waals surface area contributed by atoms with Crippen molar-refractivity contribution in [3.8, 4) is 0 Å². The van der Waals surface area contributed by atoms with Crippen LogP contribution in [-0.2, 0) is 13.1 Å². The van der Waals surface area contributed by atoms with Gasteiger partial charge in [-0.1, -0.05) is 13.8 Å². The van der Waals surface area contributed by atoms with E-state index in [1.165, 1.54) is 12.1 Å². The second-order valence-corrected chi connectivity index (χ2v) is 7.17. The molecule has 6 heteroatoms. The number of likely N-dealkylation sites (tertiary alicyclic amines) is 1. The van der Waals surface area contributed by atoms with E-state index in [9.17, 15) is 9.18 Å². The number of halogens is 1. The van der Waals surface area contributed by atoms with E-state index in [1.807, 2.05) is 4.68 Å². The standard InChI is InChI=1S/C19H25FN4O/c1-14(2)11-24-18(21-13-22-24)12-23-9-7-16(8-10-23)19(25)15-3-5-17(20)6-4-15/h3-6,13-14,16H,7-12H2,1-2H3. The minimum Gasteiger partial charge on any atom is -0.296 e. The third-order valence-corrected chi connectivity index (χ3v) is 4.69. The molecule has 1 aliphatic rings. The van der Waals surface area contributed by atoms with E-state index in [2.05, 4.69) is 28.8 Å². The lowest BCUT2D eigenvalue weighted by Gasteiger charge is -2.31. The first kappa shape index (κ1) is 17.7. The minimum absolute atomic E-state index is 0.0234. The SMILES string of the molecule is CC(C)Cn1ncnc1CN1CCC(C(=O)c2ccc(F)cc2)CC1. The number of rotatable bonds is 6. The van der Waals surface area contributed by atoms with Crippen molar-refractivity contribution in [1.29, 1.82) is 0 Å². The van der Waals surface area contributed by atoms with Gasteiger partial charge in [0.1, 0.15) is 18.0 Å². The van der Waals surface area contributed by atoms with Crippen molar-refractivity contribution < 1.29 is 9.18 Å². The van der Waals surface area contributed by atoms with Crippen molar-refractivity contribution >= 4 is 5.78 Å². The zero-order chi connectivity index (χ0) is 17.8. The molecular weight excluding hydrogens is 319 g/mol. The van der Waals surface area contributed by atoms with Crippen LogP contribution >= 0.6 is 0 Å². The molecule has 1 aromatic carbocycles. The number of Topliss-reactive ketones (excluding diaryl/α,β-unsaturated/α-hetero) is 1. The fourth-order valence-electron chi connectivity index (χ4n) is 3.31. The number of piperidine rings is 1. The highest BCUT2D eigenvalue weighted by Crippen LogP contribution is 2.23. The van der Waals surface area contributed by atoms with Crippen LogP contribution in [0.4, 0.5) is 4.39 Å². The van der Waals surface area contributed by atoms with Crippen molar-refractivity contribution in [3.05, 3.63) is 47.8 Å². The smallest absolute Gasteiger partial charge is 0.166 e. The lowest BCUT2D eigenvalue weighted by Crippen LogP contribution is -2.36. The topological polar surface area (TPSA) is 51.0 Å². The molecule has 0 radical (unpaired) electrons. The average molecular weight is 344 g/mol. The van der Waals surface area contributed by atoms with E-state index >= 15 is 0 Å². The zero-order valence-electron chi connectivity index (χ0n) is 14.9. The Hall–Kier alpha value is -2.08. The Balaban J connectivity index is 1.54. The van der Waals surface area contributed by atoms with E-state index < -0.39 is 0 Å². The van der Waals surface area contributed by atoms with Crippen LogP contribution < -0.4 is 0 Å². The molecule has 2 heterocycles. The maximum absolute atomic E-state index is 13.0. The van der Waals surface area contributed by atoms with Gasteiger partial charge in [-0.3, -0.25) is 9.69 Å². The molecule has 1 saturated heterocycles. The summed E-state index contributed by atoms with van der Waals surface area (Å²) >= 11 is 0. The Bertz CT molecular complexity index is 702. The average Bonchev–Trinajstić information content (AvgIpc) is 3.02. The molecule has 1 aliphatic heterocycles. The highest BCUT2D eigenvalue weighted by molar-refractivity contribution is 5.97. The number of ketones is 1. The van der Waals surface area contributed by atoms with E-state index in [4.69, 9.17) is 0 Å². The van der Waals surface area contributed by atoms with Crippen molar-refractivity contribution in [2.75, 3.05) is 13.1 Å². The lowest BCUT2D eigenvalue weighted by atomic mass is 9.89. The molecule has 5 nitrogen and oxygen atoms in total. The second kappa shape index (κ2) is 7.87. The van der Waals surface area contributed by atoms with Gasteiger partial charge in [0.05, 0.1) is 6.54 Å². The van der Waals surface area contributed by atoms with Crippen LogP contribution in [0.2, 0.25) is 0 Å². The number of benzene rings is 1. The summed E-state index contributed by atoms with van der Waals surface area (Å²) in [6.45, 7) is 7.70. The van der Waals surface area contributed by atoms with E-state index in [0.717, 1.165) is 44.8 Å². The Morgan fingerprint density at radius 2 is 1.92 bits per heavy atom. The van der Waals surface area contributed by atoms with Gasteiger partial charge >= 0.3 is 0 Å². The third-order valence-electron chi connectivity index (χ3n) is 4.69. The Morgan fingerprint density at radius 1 is 1.24 bits per heavy atom. The molecule has 3 rings (SSSR count). The molecule has 25 heavy (non-hydrogen) atoms. The van der Waals surface area contributed by atoms with Gasteiger partial charge in [-0.05, 0) is 56.1 Å². The van der Waals surface area contributed by atoms with E-state index in [1.54, 1.807) is 18.5 Å². The summed E-state index contributed by atoms with van der Waals surface area (Å²) in [7, 11) is 0. The highest BCUT2D eigenvalue weighted by Gasteiger charge is 2.26. The van der Waals surface area contributed by atoms with Crippen LogP contribution in [0.1, 0.15) is 42.9 Å². The lowest BCUT2D eigenvalue weighted by molar-refractivity contribution is 0.0831. The summed E-state index contributed by atoms with van der Waals surface area (Å²) in [6, 6.07) is 5.87. The number of carbonyl (C=O) groups excluding carboxylic acids is 1. The zero-order valence-corrected chi connectivity index (χ0v) is 14.9. The molecule has 1 aromatic heterocycles. The first-order chi connectivity index (χ1) is 12.0. The first-order valence-corrected chi connectivity index (χ1v) is 8.91. The van der Waals surface area contributed by atoms with Crippen LogP contribution in [-0.4, -0.2) is 38.5 Å². The van der Waals surface area contributed by atoms with Crippen LogP contribution in [0, 0.1) is 17.7 Å². The highest BCUT2D eigenvalue weighted by atomic mass is 19.1. The number of hydrogen-bond acceptors (Lipinski definition) is 4. The van der Waals surface area contributed by atoms with Crippen molar-refractivity contribution in [3.63, 3.8) is 0 Å². The minimum atomic E-state index is -0.308. The van der Waals surface area contributed by atoms with Crippen LogP contribution in [0.15, 0.2) is 30.6 Å². The molecule has 0 saturated carbocycles. The van der Waals surface area contributed by atoms with Crippen molar-refractivity contribution in [1.82, 2.24) is 19.7 Å². The van der Waals surface area contributed by atoms with Gasteiger partial charge in [-0.15, -0.1) is 0 Å². The fraction of sp³-hybridized carbons (Fsp3) is 0.526. The van der Waals surface area contributed by atoms with Crippen LogP contribution in [0.25, 0.3) is 0 Å². The normalized spacial score (nSPS) is 16.5. The van der Waals surface area contributed by atoms with Crippen molar-refractivity contribution in [2.45, 2.75) is 39.8 Å². The predicted octanol–water partition coefficient (Wildman–Crippen LogP) is 3.17. The molecule has 0 atom stereocenters. The maximum atomic E-state index is 13.0. The summed E-state index contributed by atoms with van der Waals surface area (Å²) in [4.78, 5) is 19.3. The number of carbonyl (C=O) groups is 1. The first-order valence-electron chi connectivity index (χ1n) is 8.91. The molecule has 0 N–H and O–H groups in total. The van der Waals surface area contributed by atoms with Crippen LogP contribution in [0.5, 0.6) is 0 Å². The predicted molar refractivity (Wildman–Crippen MR) is 93.6 cm³/mol. The monoisotopic (exact) mass is 344 g/mol. The summed E-state index contributed by atoms with van der Waals surface area (Å²) in [5.41, 5.74) is 0.608. The van der Waals surface area contributed by atoms with Gasteiger partial charge in [0, 0.05) is 18.0 Å². The summed E-state index contributed by atoms with van der Waals surface area (Å²) in [5, 5.41) is 4.31. The quantitative estimate of drug-likeness (QED) is 0.755. The van der Waals surface area contributed by atoms with E-state index in [0.29, 0.717) is 11.5 Å². The summed E-state index contributed by atoms with van der Waals surface area (Å²) in [6.07, 6.45) is 3.27. The Labute approximate surface area is 147 Å². The summed E-state index contributed by atoms with van der Waals surface area (Å²) < 4.78 is 15.0. The van der Waals surface area contributed by atoms with Crippen molar-refractivity contribution in [2.24, 2.45) is 11.8 Å². The maximum Gasteiger partial charge on any atom is 0.166 e. The van der Waals surface area contributed by atoms with Gasteiger partial charge in [0.2, 0.25) is 0 Å². The van der Waals surface area contributed by atoms with Gasteiger partial charge < -0.3 is 0 Å². The molecule has 2 aromatic rings. The van der Waals surface area contributed by atoms with Gasteiger partial charge in [-0.25, -0.2) is 14.1 Å². The molecule has 0 spiro atoms. The molecular formula is C19H25FN4O. The molecule has 0 bridgehead atoms. The number of aromatic nitrogens is 3. The molecule has 134 valence electrons. The molecule has 0 unspecified atom stereocenters. The summed E-state index contributed by atoms with van der Waals surface area (Å²) in [5.74, 6) is 1.35. The Morgan fingerprint density at radius 3 is 2.56 bits per heavy atom. The third kappa shape index (κ3) is 4.51. The largest absolute Gasteiger partial charge is 0.296 e. The number of nitrogens with zero attached hydrogens (tertiary/aromatic N) is 4. The van der Waals surface area contributed by atoms with E-state index in [-0.39, 0.29) is 17.5 Å². The molecule has 0 amide bonds. The Kier molecular flexibility index (Phi) is 5.58. The fourth-order valence-corrected chi connectivity index (χ4v) is 3.31.